The van der Waals surface area contributed by atoms with Crippen LogP contribution in [0.4, 0.5) is 5.69 Å². The lowest BCUT2D eigenvalue weighted by Crippen LogP contribution is -2.13. The minimum Gasteiger partial charge on any atom is -0.423 e. The van der Waals surface area contributed by atoms with Crippen LogP contribution in [0.5, 0.6) is 5.75 Å². The second-order valence-corrected chi connectivity index (χ2v) is 6.76. The molecule has 12 heteroatoms. The number of benzene rings is 3. The van der Waals surface area contributed by atoms with Crippen LogP contribution in [0.1, 0.15) is 31.8 Å². The van der Waals surface area contributed by atoms with Crippen molar-refractivity contribution in [2.24, 2.45) is 0 Å². The third-order valence-electron chi connectivity index (χ3n) is 4.38. The van der Waals surface area contributed by atoms with Gasteiger partial charge in [0.05, 0.1) is 5.56 Å². The van der Waals surface area contributed by atoms with E-state index in [1.807, 2.05) is 0 Å². The Morgan fingerprint density at radius 1 is 0.765 bits per heavy atom. The SMILES string of the molecule is O=C(Nc1cccc(OC(=O)c2ccc(CO[N+](=O)[O-])cc2)c1)c1ccc(CO[N+](=O)[O-])cc1. The van der Waals surface area contributed by atoms with Crippen molar-refractivity contribution >= 4 is 17.6 Å². The van der Waals surface area contributed by atoms with E-state index in [0.717, 1.165) is 0 Å². The topological polar surface area (TPSA) is 160 Å². The van der Waals surface area contributed by atoms with Gasteiger partial charge in [0.25, 0.3) is 16.1 Å². The highest BCUT2D eigenvalue weighted by Gasteiger charge is 2.11. The second-order valence-electron chi connectivity index (χ2n) is 6.76. The van der Waals surface area contributed by atoms with E-state index in [9.17, 15) is 29.8 Å². The molecule has 34 heavy (non-hydrogen) atoms. The van der Waals surface area contributed by atoms with Crippen molar-refractivity contribution in [3.63, 3.8) is 0 Å². The van der Waals surface area contributed by atoms with E-state index < -0.39 is 22.0 Å². The molecule has 3 aromatic rings. The van der Waals surface area contributed by atoms with Crippen molar-refractivity contribution in [3.8, 4) is 5.75 Å². The summed E-state index contributed by atoms with van der Waals surface area (Å²) in [5.74, 6) is -0.897. The lowest BCUT2D eigenvalue weighted by molar-refractivity contribution is -0.763. The number of anilines is 1. The number of carbonyl (C=O) groups is 2. The lowest BCUT2D eigenvalue weighted by Gasteiger charge is -2.09. The number of ether oxygens (including phenoxy) is 1. The Labute approximate surface area is 191 Å². The van der Waals surface area contributed by atoms with Gasteiger partial charge in [0.2, 0.25) is 0 Å². The van der Waals surface area contributed by atoms with Gasteiger partial charge in [-0.1, -0.05) is 30.3 Å². The summed E-state index contributed by atoms with van der Waals surface area (Å²) in [6.07, 6.45) is 0. The summed E-state index contributed by atoms with van der Waals surface area (Å²) in [6, 6.07) is 18.2. The minimum atomic E-state index is -0.905. The molecule has 0 saturated carbocycles. The maximum absolute atomic E-state index is 12.5. The molecule has 0 saturated heterocycles. The number of amides is 1. The average Bonchev–Trinajstić information content (AvgIpc) is 2.82. The molecule has 0 bridgehead atoms. The summed E-state index contributed by atoms with van der Waals surface area (Å²) >= 11 is 0. The average molecular weight is 467 g/mol. The first kappa shape index (κ1) is 23.7. The van der Waals surface area contributed by atoms with Gasteiger partial charge in [0.15, 0.2) is 0 Å². The molecule has 0 aliphatic heterocycles. The van der Waals surface area contributed by atoms with E-state index in [-0.39, 0.29) is 24.5 Å². The van der Waals surface area contributed by atoms with Gasteiger partial charge in [0, 0.05) is 17.3 Å². The van der Waals surface area contributed by atoms with Crippen molar-refractivity contribution in [3.05, 3.63) is 115 Å². The van der Waals surface area contributed by atoms with Crippen molar-refractivity contribution in [2.45, 2.75) is 13.2 Å². The van der Waals surface area contributed by atoms with E-state index in [1.165, 1.54) is 60.7 Å². The van der Waals surface area contributed by atoms with Gasteiger partial charge in [-0.15, -0.1) is 20.2 Å². The summed E-state index contributed by atoms with van der Waals surface area (Å²) < 4.78 is 5.33. The number of carbonyl (C=O) groups excluding carboxylic acids is 2. The molecule has 3 rings (SSSR count). The Hall–Kier alpha value is -5.00. The molecular weight excluding hydrogens is 450 g/mol. The Balaban J connectivity index is 1.59. The molecule has 0 spiro atoms. The maximum atomic E-state index is 12.5. The van der Waals surface area contributed by atoms with Crippen LogP contribution < -0.4 is 10.1 Å². The number of nitrogens with one attached hydrogen (secondary N) is 1. The molecule has 0 fully saturated rings. The van der Waals surface area contributed by atoms with Gasteiger partial charge in [0.1, 0.15) is 19.0 Å². The van der Waals surface area contributed by atoms with Crippen LogP contribution in [0.2, 0.25) is 0 Å². The van der Waals surface area contributed by atoms with E-state index in [2.05, 4.69) is 15.0 Å². The molecule has 12 nitrogen and oxygen atoms in total. The zero-order valence-electron chi connectivity index (χ0n) is 17.4. The first-order valence-corrected chi connectivity index (χ1v) is 9.66. The molecule has 0 aliphatic carbocycles. The largest absolute Gasteiger partial charge is 0.423 e. The summed E-state index contributed by atoms with van der Waals surface area (Å²) in [5.41, 5.74) is 1.95. The highest BCUT2D eigenvalue weighted by molar-refractivity contribution is 6.04. The number of hydrogen-bond acceptors (Lipinski definition) is 9. The number of nitrogens with zero attached hydrogens (tertiary/aromatic N) is 2. The molecule has 0 radical (unpaired) electrons. The molecule has 0 aliphatic rings. The Bertz CT molecular complexity index is 1100. The van der Waals surface area contributed by atoms with E-state index in [4.69, 9.17) is 4.74 Å². The molecule has 0 atom stereocenters. The smallest absolute Gasteiger partial charge is 0.343 e. The van der Waals surface area contributed by atoms with Gasteiger partial charge in [-0.25, -0.2) is 4.79 Å². The molecule has 1 amide bonds. The Kier molecular flexibility index (Phi) is 7.68. The van der Waals surface area contributed by atoms with Crippen LogP contribution in [-0.4, -0.2) is 22.0 Å². The zero-order chi connectivity index (χ0) is 24.5. The monoisotopic (exact) mass is 467 g/mol. The van der Waals surface area contributed by atoms with E-state index in [1.54, 1.807) is 12.1 Å². The fourth-order valence-electron chi connectivity index (χ4n) is 2.75. The highest BCUT2D eigenvalue weighted by Crippen LogP contribution is 2.20. The van der Waals surface area contributed by atoms with Gasteiger partial charge >= 0.3 is 5.97 Å². The number of rotatable bonds is 10. The van der Waals surface area contributed by atoms with Crippen molar-refractivity contribution < 1.29 is 34.2 Å². The predicted molar refractivity (Wildman–Crippen MR) is 116 cm³/mol. The van der Waals surface area contributed by atoms with Crippen LogP contribution in [-0.2, 0) is 22.9 Å². The van der Waals surface area contributed by atoms with E-state index >= 15 is 0 Å². The lowest BCUT2D eigenvalue weighted by atomic mass is 10.1. The van der Waals surface area contributed by atoms with Gasteiger partial charge in [-0.2, -0.15) is 0 Å². The fourth-order valence-corrected chi connectivity index (χ4v) is 2.75. The molecular formula is C22H17N3O9. The minimum absolute atomic E-state index is 0.191. The third-order valence-corrected chi connectivity index (χ3v) is 4.38. The standard InChI is InChI=1S/C22H17N3O9/c26-21(17-8-4-15(5-9-17)13-32-24(28)29)23-19-2-1-3-20(12-19)34-22(27)18-10-6-16(7-11-18)14-33-25(30)31/h1-12H,13-14H2,(H,23,26). The molecule has 0 heterocycles. The second kappa shape index (κ2) is 11.0. The Morgan fingerprint density at radius 2 is 1.29 bits per heavy atom. The fraction of sp³-hybridized carbons (Fsp3) is 0.0909. The van der Waals surface area contributed by atoms with Crippen LogP contribution >= 0.6 is 0 Å². The zero-order valence-corrected chi connectivity index (χ0v) is 17.4. The highest BCUT2D eigenvalue weighted by atomic mass is 17.0. The van der Waals surface area contributed by atoms with Crippen molar-refractivity contribution in [1.29, 1.82) is 0 Å². The van der Waals surface area contributed by atoms with Crippen molar-refractivity contribution in [1.82, 2.24) is 0 Å². The molecule has 174 valence electrons. The predicted octanol–water partition coefficient (Wildman–Crippen LogP) is 3.57. The molecule has 0 unspecified atom stereocenters. The van der Waals surface area contributed by atoms with Crippen LogP contribution in [0.15, 0.2) is 72.8 Å². The molecule has 0 aromatic heterocycles. The molecule has 1 N–H and O–H groups in total. The summed E-state index contributed by atoms with van der Waals surface area (Å²) in [5, 5.41) is 21.4. The van der Waals surface area contributed by atoms with Crippen molar-refractivity contribution in [2.75, 3.05) is 5.32 Å². The van der Waals surface area contributed by atoms with Gasteiger partial charge < -0.3 is 19.7 Å². The molecule has 3 aromatic carbocycles. The van der Waals surface area contributed by atoms with Crippen LogP contribution in [0, 0.1) is 20.2 Å². The summed E-state index contributed by atoms with van der Waals surface area (Å²) in [6.45, 7) is -0.461. The quantitative estimate of drug-likeness (QED) is 0.203. The van der Waals surface area contributed by atoms with E-state index in [0.29, 0.717) is 22.4 Å². The summed E-state index contributed by atoms with van der Waals surface area (Å²) in [4.78, 5) is 53.9. The first-order valence-electron chi connectivity index (χ1n) is 9.66. The number of hydrogen-bond donors (Lipinski definition) is 1. The number of esters is 1. The maximum Gasteiger partial charge on any atom is 0.343 e. The van der Waals surface area contributed by atoms with Gasteiger partial charge in [-0.3, -0.25) is 4.79 Å². The van der Waals surface area contributed by atoms with Crippen LogP contribution in [0.3, 0.4) is 0 Å². The first-order chi connectivity index (χ1) is 16.3. The van der Waals surface area contributed by atoms with Crippen LogP contribution in [0.25, 0.3) is 0 Å². The summed E-state index contributed by atoms with van der Waals surface area (Å²) in [7, 11) is 0. The van der Waals surface area contributed by atoms with Gasteiger partial charge in [-0.05, 0) is 47.5 Å². The third kappa shape index (κ3) is 7.02. The normalized spacial score (nSPS) is 10.1. The Morgan fingerprint density at radius 3 is 1.82 bits per heavy atom.